The number of aromatic nitrogens is 3. The number of nitro groups is 1. The smallest absolute Gasteiger partial charge is 0.363 e. The van der Waals surface area contributed by atoms with Crippen molar-refractivity contribution in [2.45, 2.75) is 0 Å². The van der Waals surface area contributed by atoms with E-state index in [0.717, 1.165) is 10.9 Å². The summed E-state index contributed by atoms with van der Waals surface area (Å²) in [6.45, 7) is 0. The molecule has 1 N–H and O–H groups in total. The SMILES string of the molecule is O=C(O)c1nn(-c2cccnc2)cc1[N+](=O)[O-]. The Kier molecular flexibility index (Phi) is 2.53. The van der Waals surface area contributed by atoms with Crippen LogP contribution in [0.3, 0.4) is 0 Å². The van der Waals surface area contributed by atoms with Crippen LogP contribution in [0.5, 0.6) is 0 Å². The first kappa shape index (κ1) is 10.7. The number of carboxylic acid groups (broad SMARTS) is 1. The lowest BCUT2D eigenvalue weighted by Gasteiger charge is -1.96. The van der Waals surface area contributed by atoms with Crippen LogP contribution in [0.2, 0.25) is 0 Å². The molecule has 0 aliphatic carbocycles. The normalized spacial score (nSPS) is 10.1. The van der Waals surface area contributed by atoms with Crippen LogP contribution in [0.15, 0.2) is 30.7 Å². The van der Waals surface area contributed by atoms with E-state index in [1.807, 2.05) is 0 Å². The van der Waals surface area contributed by atoms with Crippen molar-refractivity contribution >= 4 is 11.7 Å². The lowest BCUT2D eigenvalue weighted by Crippen LogP contribution is -2.02. The largest absolute Gasteiger partial charge is 0.476 e. The summed E-state index contributed by atoms with van der Waals surface area (Å²) in [6, 6.07) is 3.22. The summed E-state index contributed by atoms with van der Waals surface area (Å²) in [5, 5.41) is 23.1. The topological polar surface area (TPSA) is 111 Å². The van der Waals surface area contributed by atoms with Crippen LogP contribution in [0, 0.1) is 10.1 Å². The third kappa shape index (κ3) is 1.95. The first-order chi connectivity index (χ1) is 8.09. The average molecular weight is 234 g/mol. The standard InChI is InChI=1S/C9H6N4O4/c14-9(15)8-7(13(16)17)5-12(11-8)6-2-1-3-10-4-6/h1-5H,(H,14,15). The third-order valence-electron chi connectivity index (χ3n) is 2.00. The number of aromatic carboxylic acids is 1. The van der Waals surface area contributed by atoms with Crippen molar-refractivity contribution < 1.29 is 14.8 Å². The van der Waals surface area contributed by atoms with Gasteiger partial charge in [0.05, 0.1) is 16.8 Å². The Labute approximate surface area is 94.3 Å². The summed E-state index contributed by atoms with van der Waals surface area (Å²) in [4.78, 5) is 24.4. The molecule has 8 nitrogen and oxygen atoms in total. The Morgan fingerprint density at radius 2 is 2.29 bits per heavy atom. The van der Waals surface area contributed by atoms with E-state index >= 15 is 0 Å². The van der Waals surface area contributed by atoms with Crippen LogP contribution in [-0.4, -0.2) is 30.8 Å². The average Bonchev–Trinajstić information content (AvgIpc) is 2.75. The van der Waals surface area contributed by atoms with Gasteiger partial charge >= 0.3 is 11.7 Å². The molecular formula is C9H6N4O4. The van der Waals surface area contributed by atoms with Gasteiger partial charge < -0.3 is 5.11 Å². The first-order valence-corrected chi connectivity index (χ1v) is 4.47. The van der Waals surface area contributed by atoms with E-state index in [2.05, 4.69) is 10.1 Å². The fourth-order valence-corrected chi connectivity index (χ4v) is 1.27. The zero-order valence-electron chi connectivity index (χ0n) is 8.35. The molecule has 0 amide bonds. The fourth-order valence-electron chi connectivity index (χ4n) is 1.27. The van der Waals surface area contributed by atoms with Crippen molar-refractivity contribution in [2.75, 3.05) is 0 Å². The quantitative estimate of drug-likeness (QED) is 0.623. The van der Waals surface area contributed by atoms with Crippen LogP contribution in [0.1, 0.15) is 10.5 Å². The molecule has 0 aromatic carbocycles. The van der Waals surface area contributed by atoms with E-state index in [9.17, 15) is 14.9 Å². The molecular weight excluding hydrogens is 228 g/mol. The molecule has 0 aliphatic rings. The van der Waals surface area contributed by atoms with Crippen molar-refractivity contribution in [3.63, 3.8) is 0 Å². The monoisotopic (exact) mass is 234 g/mol. The molecule has 17 heavy (non-hydrogen) atoms. The van der Waals surface area contributed by atoms with E-state index in [0.29, 0.717) is 5.69 Å². The Bertz CT molecular complexity index is 546. The van der Waals surface area contributed by atoms with Gasteiger partial charge in [0.1, 0.15) is 6.20 Å². The van der Waals surface area contributed by atoms with Crippen molar-refractivity contribution in [1.82, 2.24) is 14.8 Å². The molecule has 86 valence electrons. The van der Waals surface area contributed by atoms with Gasteiger partial charge in [-0.15, -0.1) is 0 Å². The van der Waals surface area contributed by atoms with E-state index in [1.165, 1.54) is 12.4 Å². The van der Waals surface area contributed by atoms with Crippen LogP contribution >= 0.6 is 0 Å². The number of carboxylic acids is 1. The highest BCUT2D eigenvalue weighted by Crippen LogP contribution is 2.18. The van der Waals surface area contributed by atoms with Crippen LogP contribution < -0.4 is 0 Å². The highest BCUT2D eigenvalue weighted by molar-refractivity contribution is 5.89. The molecule has 0 fully saturated rings. The molecule has 0 bridgehead atoms. The van der Waals surface area contributed by atoms with E-state index in [1.54, 1.807) is 12.1 Å². The molecule has 0 saturated carbocycles. The molecule has 2 aromatic rings. The molecule has 2 aromatic heterocycles. The molecule has 0 spiro atoms. The van der Waals surface area contributed by atoms with E-state index in [4.69, 9.17) is 5.11 Å². The van der Waals surface area contributed by atoms with Crippen LogP contribution in [0.25, 0.3) is 5.69 Å². The highest BCUT2D eigenvalue weighted by Gasteiger charge is 2.25. The van der Waals surface area contributed by atoms with Crippen molar-refractivity contribution in [3.8, 4) is 5.69 Å². The number of rotatable bonds is 3. The van der Waals surface area contributed by atoms with Gasteiger partial charge in [0.2, 0.25) is 5.69 Å². The molecule has 0 radical (unpaired) electrons. The van der Waals surface area contributed by atoms with Crippen molar-refractivity contribution in [1.29, 1.82) is 0 Å². The number of carbonyl (C=O) groups is 1. The summed E-state index contributed by atoms with van der Waals surface area (Å²) < 4.78 is 1.11. The molecule has 2 heterocycles. The van der Waals surface area contributed by atoms with Gasteiger partial charge in [-0.3, -0.25) is 15.1 Å². The summed E-state index contributed by atoms with van der Waals surface area (Å²) in [6.07, 6.45) is 3.99. The third-order valence-corrected chi connectivity index (χ3v) is 2.00. The van der Waals surface area contributed by atoms with E-state index in [-0.39, 0.29) is 0 Å². The highest BCUT2D eigenvalue weighted by atomic mass is 16.6. The molecule has 2 rings (SSSR count). The van der Waals surface area contributed by atoms with Crippen molar-refractivity contribution in [3.05, 3.63) is 46.5 Å². The predicted octanol–water partition coefficient (Wildman–Crippen LogP) is 0.874. The first-order valence-electron chi connectivity index (χ1n) is 4.47. The number of hydrogen-bond donors (Lipinski definition) is 1. The second kappa shape index (κ2) is 4.00. The Morgan fingerprint density at radius 1 is 1.53 bits per heavy atom. The predicted molar refractivity (Wildman–Crippen MR) is 55.0 cm³/mol. The minimum atomic E-state index is -1.45. The van der Waals surface area contributed by atoms with Gasteiger partial charge in [-0.05, 0) is 12.1 Å². The second-order valence-corrected chi connectivity index (χ2v) is 3.08. The Morgan fingerprint density at radius 3 is 2.76 bits per heavy atom. The van der Waals surface area contributed by atoms with Crippen LogP contribution in [-0.2, 0) is 0 Å². The zero-order valence-corrected chi connectivity index (χ0v) is 8.35. The summed E-state index contributed by atoms with van der Waals surface area (Å²) in [7, 11) is 0. The summed E-state index contributed by atoms with van der Waals surface area (Å²) in [5.74, 6) is -1.45. The minimum absolute atomic E-state index is 0.447. The molecule has 0 unspecified atom stereocenters. The summed E-state index contributed by atoms with van der Waals surface area (Å²) in [5.41, 5.74) is -0.705. The van der Waals surface area contributed by atoms with Gasteiger partial charge in [-0.1, -0.05) is 0 Å². The second-order valence-electron chi connectivity index (χ2n) is 3.08. The fraction of sp³-hybridized carbons (Fsp3) is 0. The Balaban J connectivity index is 2.55. The number of hydrogen-bond acceptors (Lipinski definition) is 5. The van der Waals surface area contributed by atoms with Crippen molar-refractivity contribution in [2.24, 2.45) is 0 Å². The number of nitrogens with zero attached hydrogens (tertiary/aromatic N) is 4. The maximum absolute atomic E-state index is 10.8. The number of pyridine rings is 1. The van der Waals surface area contributed by atoms with Gasteiger partial charge in [0, 0.05) is 6.20 Å². The van der Waals surface area contributed by atoms with Gasteiger partial charge in [-0.2, -0.15) is 5.10 Å². The Hall–Kier alpha value is -2.77. The summed E-state index contributed by atoms with van der Waals surface area (Å²) >= 11 is 0. The van der Waals surface area contributed by atoms with Gasteiger partial charge in [-0.25, -0.2) is 9.48 Å². The molecule has 0 atom stereocenters. The lowest BCUT2D eigenvalue weighted by molar-refractivity contribution is -0.385. The van der Waals surface area contributed by atoms with Gasteiger partial charge in [0.15, 0.2) is 0 Å². The molecule has 0 saturated heterocycles. The molecule has 8 heteroatoms. The maximum Gasteiger partial charge on any atom is 0.363 e. The molecule has 0 aliphatic heterocycles. The minimum Gasteiger partial charge on any atom is -0.476 e. The van der Waals surface area contributed by atoms with Gasteiger partial charge in [0.25, 0.3) is 0 Å². The van der Waals surface area contributed by atoms with E-state index < -0.39 is 22.3 Å². The van der Waals surface area contributed by atoms with Crippen LogP contribution in [0.4, 0.5) is 5.69 Å². The zero-order chi connectivity index (χ0) is 12.4. The maximum atomic E-state index is 10.8. The lowest BCUT2D eigenvalue weighted by atomic mass is 10.4.